The highest BCUT2D eigenvalue weighted by Gasteiger charge is 2.25. The van der Waals surface area contributed by atoms with Crippen LogP contribution in [0.25, 0.3) is 0 Å². The summed E-state index contributed by atoms with van der Waals surface area (Å²) < 4.78 is 5.21. The average molecular weight is 463 g/mol. The van der Waals surface area contributed by atoms with Gasteiger partial charge in [0.2, 0.25) is 11.8 Å². The lowest BCUT2D eigenvalue weighted by atomic mass is 10.1. The topological polar surface area (TPSA) is 58.6 Å². The Hall–Kier alpha value is -2.18. The van der Waals surface area contributed by atoms with Gasteiger partial charge in [-0.3, -0.25) is 9.59 Å². The maximum atomic E-state index is 13.1. The molecule has 7 heteroatoms. The van der Waals surface area contributed by atoms with E-state index in [1.165, 1.54) is 11.8 Å². The largest absolute Gasteiger partial charge is 0.497 e. The SMILES string of the molecule is CCCCNC(=O)C(C)N(Cc1ccc(OC)cc1)C(=O)CSCc1cccc(Cl)c1. The van der Waals surface area contributed by atoms with Crippen molar-refractivity contribution in [2.75, 3.05) is 19.4 Å². The Bertz CT molecular complexity index is 845. The number of hydrogen-bond donors (Lipinski definition) is 1. The number of methoxy groups -OCH3 is 1. The molecule has 0 aromatic heterocycles. The second-order valence-electron chi connectivity index (χ2n) is 7.31. The standard InChI is InChI=1S/C24H31ClN2O3S/c1-4-5-13-26-24(29)18(2)27(15-19-9-11-22(30-3)12-10-19)23(28)17-31-16-20-7-6-8-21(25)14-20/h6-12,14,18H,4-5,13,15-17H2,1-3H3,(H,26,29). The van der Waals surface area contributed by atoms with Crippen LogP contribution in [0.3, 0.4) is 0 Å². The summed E-state index contributed by atoms with van der Waals surface area (Å²) in [4.78, 5) is 27.4. The zero-order chi connectivity index (χ0) is 22.6. The van der Waals surface area contributed by atoms with Gasteiger partial charge in [0, 0.05) is 23.9 Å². The van der Waals surface area contributed by atoms with Crippen LogP contribution in [0, 0.1) is 0 Å². The van der Waals surface area contributed by atoms with Gasteiger partial charge in [0.25, 0.3) is 0 Å². The molecule has 2 aromatic rings. The van der Waals surface area contributed by atoms with E-state index >= 15 is 0 Å². The van der Waals surface area contributed by atoms with E-state index in [1.807, 2.05) is 48.5 Å². The number of amides is 2. The summed E-state index contributed by atoms with van der Waals surface area (Å²) in [6.07, 6.45) is 1.92. The number of carbonyl (C=O) groups excluding carboxylic acids is 2. The quantitative estimate of drug-likeness (QED) is 0.455. The van der Waals surface area contributed by atoms with Crippen LogP contribution >= 0.6 is 23.4 Å². The zero-order valence-electron chi connectivity index (χ0n) is 18.4. The molecule has 0 saturated heterocycles. The zero-order valence-corrected chi connectivity index (χ0v) is 20.0. The van der Waals surface area contributed by atoms with E-state index in [1.54, 1.807) is 18.9 Å². The molecule has 5 nitrogen and oxygen atoms in total. The number of benzene rings is 2. The number of halogens is 1. The fourth-order valence-electron chi connectivity index (χ4n) is 3.01. The van der Waals surface area contributed by atoms with Gasteiger partial charge in [0.15, 0.2) is 0 Å². The number of hydrogen-bond acceptors (Lipinski definition) is 4. The van der Waals surface area contributed by atoms with Crippen LogP contribution in [0.2, 0.25) is 5.02 Å². The number of nitrogens with zero attached hydrogens (tertiary/aromatic N) is 1. The average Bonchev–Trinajstić information content (AvgIpc) is 2.77. The molecule has 168 valence electrons. The first-order valence-electron chi connectivity index (χ1n) is 10.5. The molecule has 0 fully saturated rings. The Morgan fingerprint density at radius 1 is 1.16 bits per heavy atom. The maximum absolute atomic E-state index is 13.1. The monoisotopic (exact) mass is 462 g/mol. The minimum atomic E-state index is -0.557. The Labute approximate surface area is 194 Å². The first-order valence-corrected chi connectivity index (χ1v) is 12.0. The fourth-order valence-corrected chi connectivity index (χ4v) is 4.08. The van der Waals surface area contributed by atoms with E-state index in [9.17, 15) is 9.59 Å². The molecular formula is C24H31ClN2O3S. The van der Waals surface area contributed by atoms with Gasteiger partial charge in [-0.25, -0.2) is 0 Å². The van der Waals surface area contributed by atoms with Crippen molar-refractivity contribution >= 4 is 35.2 Å². The number of ether oxygens (including phenoxy) is 1. The van der Waals surface area contributed by atoms with Crippen LogP contribution in [-0.4, -0.2) is 42.2 Å². The molecule has 1 unspecified atom stereocenters. The van der Waals surface area contributed by atoms with Gasteiger partial charge in [-0.2, -0.15) is 0 Å². The van der Waals surface area contributed by atoms with E-state index in [0.717, 1.165) is 29.7 Å². The van der Waals surface area contributed by atoms with Gasteiger partial charge < -0.3 is 15.0 Å². The van der Waals surface area contributed by atoms with Crippen molar-refractivity contribution in [2.45, 2.75) is 45.0 Å². The molecule has 2 aromatic carbocycles. The highest BCUT2D eigenvalue weighted by molar-refractivity contribution is 7.99. The van der Waals surface area contributed by atoms with Gasteiger partial charge in [-0.05, 0) is 48.7 Å². The summed E-state index contributed by atoms with van der Waals surface area (Å²) in [7, 11) is 1.62. The number of rotatable bonds is 12. The van der Waals surface area contributed by atoms with Crippen LogP contribution in [0.4, 0.5) is 0 Å². The molecule has 2 rings (SSSR count). The van der Waals surface area contributed by atoms with Crippen molar-refractivity contribution in [1.29, 1.82) is 0 Å². The number of carbonyl (C=O) groups is 2. The molecule has 0 spiro atoms. The van der Waals surface area contributed by atoms with Crippen LogP contribution in [0.1, 0.15) is 37.8 Å². The van der Waals surface area contributed by atoms with Gasteiger partial charge >= 0.3 is 0 Å². The van der Waals surface area contributed by atoms with Crippen LogP contribution in [-0.2, 0) is 21.9 Å². The van der Waals surface area contributed by atoms with Crippen molar-refractivity contribution in [2.24, 2.45) is 0 Å². The molecule has 0 aliphatic heterocycles. The molecule has 0 aliphatic rings. The van der Waals surface area contributed by atoms with Crippen molar-refractivity contribution in [3.8, 4) is 5.75 Å². The second-order valence-corrected chi connectivity index (χ2v) is 8.74. The normalized spacial score (nSPS) is 11.6. The lowest BCUT2D eigenvalue weighted by Crippen LogP contribution is -2.48. The summed E-state index contributed by atoms with van der Waals surface area (Å²) in [6.45, 7) is 4.84. The van der Waals surface area contributed by atoms with E-state index in [4.69, 9.17) is 16.3 Å². The van der Waals surface area contributed by atoms with Crippen LogP contribution in [0.5, 0.6) is 5.75 Å². The third kappa shape index (κ3) is 8.46. The number of nitrogens with one attached hydrogen (secondary N) is 1. The fraction of sp³-hybridized carbons (Fsp3) is 0.417. The van der Waals surface area contributed by atoms with E-state index in [2.05, 4.69) is 12.2 Å². The summed E-state index contributed by atoms with van der Waals surface area (Å²) in [5.41, 5.74) is 2.01. The Balaban J connectivity index is 2.04. The summed E-state index contributed by atoms with van der Waals surface area (Å²) in [6, 6.07) is 14.6. The molecular weight excluding hydrogens is 432 g/mol. The molecule has 31 heavy (non-hydrogen) atoms. The molecule has 0 saturated carbocycles. The van der Waals surface area contributed by atoms with Crippen molar-refractivity contribution in [3.63, 3.8) is 0 Å². The number of unbranched alkanes of at least 4 members (excludes halogenated alkanes) is 1. The molecule has 0 aliphatic carbocycles. The Morgan fingerprint density at radius 2 is 1.90 bits per heavy atom. The number of thioether (sulfide) groups is 1. The summed E-state index contributed by atoms with van der Waals surface area (Å²) in [5.74, 6) is 1.52. The van der Waals surface area contributed by atoms with Crippen LogP contribution in [0.15, 0.2) is 48.5 Å². The van der Waals surface area contributed by atoms with Crippen molar-refractivity contribution in [3.05, 3.63) is 64.7 Å². The van der Waals surface area contributed by atoms with Gasteiger partial charge in [-0.15, -0.1) is 11.8 Å². The predicted octanol–water partition coefficient (Wildman–Crippen LogP) is 4.92. The van der Waals surface area contributed by atoms with E-state index in [-0.39, 0.29) is 17.6 Å². The van der Waals surface area contributed by atoms with E-state index < -0.39 is 6.04 Å². The lowest BCUT2D eigenvalue weighted by molar-refractivity contribution is -0.138. The predicted molar refractivity (Wildman–Crippen MR) is 129 cm³/mol. The molecule has 0 radical (unpaired) electrons. The van der Waals surface area contributed by atoms with Gasteiger partial charge in [0.1, 0.15) is 11.8 Å². The minimum absolute atomic E-state index is 0.0685. The first-order chi connectivity index (χ1) is 14.9. The minimum Gasteiger partial charge on any atom is -0.497 e. The third-order valence-electron chi connectivity index (χ3n) is 4.89. The molecule has 1 N–H and O–H groups in total. The Morgan fingerprint density at radius 3 is 2.55 bits per heavy atom. The highest BCUT2D eigenvalue weighted by Crippen LogP contribution is 2.19. The second kappa shape index (κ2) is 13.3. The Kier molecular flexibility index (Phi) is 10.7. The third-order valence-corrected chi connectivity index (χ3v) is 6.12. The molecule has 0 bridgehead atoms. The molecule has 0 heterocycles. The van der Waals surface area contributed by atoms with E-state index in [0.29, 0.717) is 23.9 Å². The summed E-state index contributed by atoms with van der Waals surface area (Å²) >= 11 is 7.56. The van der Waals surface area contributed by atoms with Crippen molar-refractivity contribution in [1.82, 2.24) is 10.2 Å². The maximum Gasteiger partial charge on any atom is 0.242 e. The van der Waals surface area contributed by atoms with Crippen molar-refractivity contribution < 1.29 is 14.3 Å². The smallest absolute Gasteiger partial charge is 0.242 e. The molecule has 2 amide bonds. The first kappa shape index (κ1) is 25.1. The highest BCUT2D eigenvalue weighted by atomic mass is 35.5. The lowest BCUT2D eigenvalue weighted by Gasteiger charge is -2.29. The van der Waals surface area contributed by atoms with Crippen LogP contribution < -0.4 is 10.1 Å². The van der Waals surface area contributed by atoms with Gasteiger partial charge in [0.05, 0.1) is 12.9 Å². The summed E-state index contributed by atoms with van der Waals surface area (Å²) in [5, 5.41) is 3.62. The van der Waals surface area contributed by atoms with Gasteiger partial charge in [-0.1, -0.05) is 49.2 Å². The molecule has 1 atom stereocenters.